The Kier molecular flexibility index (Phi) is 4.17. The molecule has 0 bridgehead atoms. The number of halogens is 1. The van der Waals surface area contributed by atoms with Gasteiger partial charge in [0, 0.05) is 11.0 Å². The van der Waals surface area contributed by atoms with E-state index in [1.807, 2.05) is 49.4 Å². The third-order valence-electron chi connectivity index (χ3n) is 3.07. The Morgan fingerprint density at radius 1 is 1.17 bits per heavy atom. The van der Waals surface area contributed by atoms with Crippen molar-refractivity contribution in [2.45, 2.75) is 19.6 Å². The van der Waals surface area contributed by atoms with Crippen LogP contribution in [0.4, 0.5) is 0 Å². The third kappa shape index (κ3) is 2.80. The highest BCUT2D eigenvalue weighted by atomic mass is 79.9. The van der Waals surface area contributed by atoms with Crippen molar-refractivity contribution in [1.82, 2.24) is 0 Å². The maximum absolute atomic E-state index is 10.4. The van der Waals surface area contributed by atoms with Crippen molar-refractivity contribution in [3.8, 4) is 0 Å². The molecule has 2 rings (SSSR count). The van der Waals surface area contributed by atoms with Crippen LogP contribution in [0, 0.1) is 6.92 Å². The van der Waals surface area contributed by atoms with Crippen LogP contribution in [0.15, 0.2) is 46.9 Å². The maximum Gasteiger partial charge on any atom is 0.104 e. The van der Waals surface area contributed by atoms with E-state index in [2.05, 4.69) is 15.9 Å². The van der Waals surface area contributed by atoms with Gasteiger partial charge < -0.3 is 10.8 Å². The summed E-state index contributed by atoms with van der Waals surface area (Å²) in [7, 11) is 0. The number of rotatable bonds is 3. The highest BCUT2D eigenvalue weighted by molar-refractivity contribution is 9.10. The summed E-state index contributed by atoms with van der Waals surface area (Å²) in [5.41, 5.74) is 9.51. The molecular weight excluding hydrogens is 290 g/mol. The van der Waals surface area contributed by atoms with Gasteiger partial charge in [0.25, 0.3) is 0 Å². The molecular formula is C15H16BrNO. The van der Waals surface area contributed by atoms with Gasteiger partial charge in [0.15, 0.2) is 0 Å². The standard InChI is InChI=1S/C15H16BrNO/c1-10-2-7-13(16)8-14(10)15(18)12-5-3-11(9-17)4-6-12/h2-8,15,18H,9,17H2,1H3. The smallest absolute Gasteiger partial charge is 0.104 e. The zero-order chi connectivity index (χ0) is 13.1. The molecule has 2 nitrogen and oxygen atoms in total. The minimum Gasteiger partial charge on any atom is -0.384 e. The van der Waals surface area contributed by atoms with E-state index in [-0.39, 0.29) is 0 Å². The highest BCUT2D eigenvalue weighted by Gasteiger charge is 2.13. The Hall–Kier alpha value is -1.16. The summed E-state index contributed by atoms with van der Waals surface area (Å²) in [6.45, 7) is 2.52. The van der Waals surface area contributed by atoms with Crippen LogP contribution in [0.2, 0.25) is 0 Å². The second kappa shape index (κ2) is 5.65. The maximum atomic E-state index is 10.4. The van der Waals surface area contributed by atoms with E-state index < -0.39 is 6.10 Å². The lowest BCUT2D eigenvalue weighted by Crippen LogP contribution is -2.03. The van der Waals surface area contributed by atoms with Crippen LogP contribution in [0.1, 0.15) is 28.4 Å². The number of nitrogens with two attached hydrogens (primary N) is 1. The molecule has 0 aliphatic rings. The molecule has 0 heterocycles. The first-order valence-electron chi connectivity index (χ1n) is 5.85. The number of aliphatic hydroxyl groups is 1. The molecule has 1 atom stereocenters. The average Bonchev–Trinajstić information content (AvgIpc) is 2.41. The summed E-state index contributed by atoms with van der Waals surface area (Å²) in [5.74, 6) is 0. The Labute approximate surface area is 116 Å². The fourth-order valence-electron chi connectivity index (χ4n) is 1.92. The lowest BCUT2D eigenvalue weighted by atomic mass is 9.97. The summed E-state index contributed by atoms with van der Waals surface area (Å²) in [5, 5.41) is 10.4. The highest BCUT2D eigenvalue weighted by Crippen LogP contribution is 2.27. The van der Waals surface area contributed by atoms with Crippen LogP contribution >= 0.6 is 15.9 Å². The number of aliphatic hydroxyl groups excluding tert-OH is 1. The van der Waals surface area contributed by atoms with E-state index in [1.54, 1.807) is 0 Å². The topological polar surface area (TPSA) is 46.2 Å². The lowest BCUT2D eigenvalue weighted by Gasteiger charge is -2.15. The van der Waals surface area contributed by atoms with Crippen LogP contribution in [-0.2, 0) is 6.54 Å². The van der Waals surface area contributed by atoms with Gasteiger partial charge in [-0.3, -0.25) is 0 Å². The predicted octanol–water partition coefficient (Wildman–Crippen LogP) is 3.30. The molecule has 1 unspecified atom stereocenters. The zero-order valence-corrected chi connectivity index (χ0v) is 11.8. The van der Waals surface area contributed by atoms with Crippen LogP contribution in [0.3, 0.4) is 0 Å². The lowest BCUT2D eigenvalue weighted by molar-refractivity contribution is 0.219. The second-order valence-electron chi connectivity index (χ2n) is 4.35. The van der Waals surface area contributed by atoms with Gasteiger partial charge in [0.05, 0.1) is 0 Å². The molecule has 0 aliphatic carbocycles. The van der Waals surface area contributed by atoms with Gasteiger partial charge in [-0.1, -0.05) is 46.3 Å². The summed E-state index contributed by atoms with van der Waals surface area (Å²) in [6.07, 6.45) is -0.602. The minimum absolute atomic E-state index is 0.520. The molecule has 0 fully saturated rings. The van der Waals surface area contributed by atoms with Crippen molar-refractivity contribution in [1.29, 1.82) is 0 Å². The fraction of sp³-hybridized carbons (Fsp3) is 0.200. The molecule has 0 saturated heterocycles. The molecule has 0 amide bonds. The van der Waals surface area contributed by atoms with E-state index >= 15 is 0 Å². The SMILES string of the molecule is Cc1ccc(Br)cc1C(O)c1ccc(CN)cc1. The first-order valence-corrected chi connectivity index (χ1v) is 6.64. The Balaban J connectivity index is 2.34. The van der Waals surface area contributed by atoms with E-state index in [9.17, 15) is 5.11 Å². The Morgan fingerprint density at radius 3 is 2.44 bits per heavy atom. The monoisotopic (exact) mass is 305 g/mol. The van der Waals surface area contributed by atoms with Gasteiger partial charge in [-0.25, -0.2) is 0 Å². The summed E-state index contributed by atoms with van der Waals surface area (Å²) in [6, 6.07) is 13.7. The van der Waals surface area contributed by atoms with Gasteiger partial charge >= 0.3 is 0 Å². The van der Waals surface area contributed by atoms with Crippen molar-refractivity contribution < 1.29 is 5.11 Å². The first-order chi connectivity index (χ1) is 8.61. The first kappa shape index (κ1) is 13.3. The molecule has 3 N–H and O–H groups in total. The predicted molar refractivity (Wildman–Crippen MR) is 77.3 cm³/mol. The number of aryl methyl sites for hydroxylation is 1. The normalized spacial score (nSPS) is 12.4. The second-order valence-corrected chi connectivity index (χ2v) is 5.26. The van der Waals surface area contributed by atoms with Gasteiger partial charge in [0.1, 0.15) is 6.10 Å². The average molecular weight is 306 g/mol. The largest absolute Gasteiger partial charge is 0.384 e. The summed E-state index contributed by atoms with van der Waals surface area (Å²) in [4.78, 5) is 0. The molecule has 0 aromatic heterocycles. The van der Waals surface area contributed by atoms with E-state index in [4.69, 9.17) is 5.73 Å². The summed E-state index contributed by atoms with van der Waals surface area (Å²) >= 11 is 3.43. The van der Waals surface area contributed by atoms with Crippen LogP contribution in [0.5, 0.6) is 0 Å². The van der Waals surface area contributed by atoms with Gasteiger partial charge in [-0.2, -0.15) is 0 Å². The molecule has 2 aromatic carbocycles. The molecule has 0 aliphatic heterocycles. The van der Waals surface area contributed by atoms with Gasteiger partial charge in [-0.15, -0.1) is 0 Å². The van der Waals surface area contributed by atoms with Crippen LogP contribution in [0.25, 0.3) is 0 Å². The molecule has 0 saturated carbocycles. The summed E-state index contributed by atoms with van der Waals surface area (Å²) < 4.78 is 0.973. The Bertz CT molecular complexity index is 537. The molecule has 0 spiro atoms. The van der Waals surface area contributed by atoms with Gasteiger partial charge in [0.2, 0.25) is 0 Å². The van der Waals surface area contributed by atoms with Crippen LogP contribution in [-0.4, -0.2) is 5.11 Å². The van der Waals surface area contributed by atoms with Crippen molar-refractivity contribution in [3.63, 3.8) is 0 Å². The molecule has 3 heteroatoms. The third-order valence-corrected chi connectivity index (χ3v) is 3.56. The minimum atomic E-state index is -0.602. The van der Waals surface area contributed by atoms with Crippen molar-refractivity contribution >= 4 is 15.9 Å². The van der Waals surface area contributed by atoms with Crippen molar-refractivity contribution in [3.05, 3.63) is 69.2 Å². The number of benzene rings is 2. The molecule has 94 valence electrons. The Morgan fingerprint density at radius 2 is 1.83 bits per heavy atom. The number of hydrogen-bond donors (Lipinski definition) is 2. The van der Waals surface area contributed by atoms with E-state index in [1.165, 1.54) is 0 Å². The van der Waals surface area contributed by atoms with Crippen molar-refractivity contribution in [2.24, 2.45) is 5.73 Å². The zero-order valence-electron chi connectivity index (χ0n) is 10.2. The van der Waals surface area contributed by atoms with Crippen molar-refractivity contribution in [2.75, 3.05) is 0 Å². The van der Waals surface area contributed by atoms with Gasteiger partial charge in [-0.05, 0) is 41.3 Å². The van der Waals surface area contributed by atoms with E-state index in [0.29, 0.717) is 6.54 Å². The van der Waals surface area contributed by atoms with E-state index in [0.717, 1.165) is 26.7 Å². The van der Waals surface area contributed by atoms with Crippen LogP contribution < -0.4 is 5.73 Å². The molecule has 2 aromatic rings. The molecule has 0 radical (unpaired) electrons. The molecule has 18 heavy (non-hydrogen) atoms. The quantitative estimate of drug-likeness (QED) is 0.914. The number of hydrogen-bond acceptors (Lipinski definition) is 2. The fourth-order valence-corrected chi connectivity index (χ4v) is 2.30.